The number of carbonyl (C=O) groups is 1. The Balaban J connectivity index is 2.27. The first kappa shape index (κ1) is 14.7. The van der Waals surface area contributed by atoms with Crippen molar-refractivity contribution in [2.24, 2.45) is 11.8 Å². The minimum absolute atomic E-state index is 0.0472. The monoisotopic (exact) mass is 259 g/mol. The van der Waals surface area contributed by atoms with E-state index in [4.69, 9.17) is 0 Å². The molecule has 0 aromatic heterocycles. The van der Waals surface area contributed by atoms with Crippen LogP contribution in [0.4, 0.5) is 0 Å². The number of rotatable bonds is 5. The molecular formula is C13H25NO2S. The quantitative estimate of drug-likeness (QED) is 0.821. The Kier molecular flexibility index (Phi) is 6.17. The molecule has 1 amide bonds. The van der Waals surface area contributed by atoms with E-state index < -0.39 is 10.8 Å². The largest absolute Gasteiger partial charge is 0.355 e. The predicted octanol–water partition coefficient (Wildman–Crippen LogP) is 2.09. The van der Waals surface area contributed by atoms with Gasteiger partial charge in [0.25, 0.3) is 0 Å². The average molecular weight is 259 g/mol. The van der Waals surface area contributed by atoms with Crippen molar-refractivity contribution in [2.75, 3.05) is 12.8 Å². The van der Waals surface area contributed by atoms with Crippen molar-refractivity contribution in [1.29, 1.82) is 0 Å². The Hall–Kier alpha value is -0.380. The molecule has 3 nitrogen and oxygen atoms in total. The maximum atomic E-state index is 11.9. The van der Waals surface area contributed by atoms with E-state index in [1.54, 1.807) is 6.26 Å². The predicted molar refractivity (Wildman–Crippen MR) is 72.3 cm³/mol. The summed E-state index contributed by atoms with van der Waals surface area (Å²) in [7, 11) is -0.854. The Bertz CT molecular complexity index is 273. The molecule has 0 aliphatic heterocycles. The van der Waals surface area contributed by atoms with Gasteiger partial charge in [-0.05, 0) is 38.5 Å². The Morgan fingerprint density at radius 3 is 2.41 bits per heavy atom. The van der Waals surface area contributed by atoms with Crippen LogP contribution in [0.5, 0.6) is 0 Å². The van der Waals surface area contributed by atoms with Crippen LogP contribution >= 0.6 is 0 Å². The molecule has 0 bridgehead atoms. The molecule has 17 heavy (non-hydrogen) atoms. The molecule has 1 N–H and O–H groups in total. The van der Waals surface area contributed by atoms with Gasteiger partial charge < -0.3 is 5.32 Å². The highest BCUT2D eigenvalue weighted by Gasteiger charge is 2.25. The molecule has 0 heterocycles. The van der Waals surface area contributed by atoms with E-state index >= 15 is 0 Å². The molecule has 2 unspecified atom stereocenters. The fourth-order valence-electron chi connectivity index (χ4n) is 2.34. The molecule has 1 aliphatic rings. The second-order valence-corrected chi connectivity index (χ2v) is 6.98. The third-order valence-corrected chi connectivity index (χ3v) is 5.23. The first-order valence-electron chi connectivity index (χ1n) is 6.64. The van der Waals surface area contributed by atoms with Gasteiger partial charge >= 0.3 is 0 Å². The van der Waals surface area contributed by atoms with Crippen molar-refractivity contribution in [3.63, 3.8) is 0 Å². The molecule has 100 valence electrons. The smallest absolute Gasteiger partial charge is 0.223 e. The Morgan fingerprint density at radius 1 is 1.35 bits per heavy atom. The fourth-order valence-corrected chi connectivity index (χ4v) is 2.66. The molecule has 0 saturated heterocycles. The molecule has 0 spiro atoms. The molecule has 1 rings (SSSR count). The maximum absolute atomic E-state index is 11.9. The van der Waals surface area contributed by atoms with Crippen LogP contribution in [-0.4, -0.2) is 28.2 Å². The van der Waals surface area contributed by atoms with Gasteiger partial charge in [-0.15, -0.1) is 0 Å². The summed E-state index contributed by atoms with van der Waals surface area (Å²) in [5, 5.41) is 2.98. The van der Waals surface area contributed by atoms with Gasteiger partial charge in [0.05, 0.1) is 0 Å². The molecule has 1 fully saturated rings. The topological polar surface area (TPSA) is 46.2 Å². The van der Waals surface area contributed by atoms with Crippen molar-refractivity contribution in [3.8, 4) is 0 Å². The van der Waals surface area contributed by atoms with E-state index in [0.717, 1.165) is 18.8 Å². The molecular weight excluding hydrogens is 234 g/mol. The lowest BCUT2D eigenvalue weighted by molar-refractivity contribution is -0.126. The molecule has 1 saturated carbocycles. The molecule has 2 atom stereocenters. The first-order chi connectivity index (χ1) is 8.04. The Labute approximate surface area is 107 Å². The molecule has 4 heteroatoms. The van der Waals surface area contributed by atoms with Gasteiger partial charge in [0.15, 0.2) is 0 Å². The van der Waals surface area contributed by atoms with E-state index in [2.05, 4.69) is 12.2 Å². The van der Waals surface area contributed by atoms with Crippen LogP contribution in [0.1, 0.15) is 46.0 Å². The van der Waals surface area contributed by atoms with Crippen LogP contribution in [0.25, 0.3) is 0 Å². The summed E-state index contributed by atoms with van der Waals surface area (Å²) in [5.74, 6) is 1.17. The normalized spacial score (nSPS) is 28.4. The van der Waals surface area contributed by atoms with Gasteiger partial charge in [-0.1, -0.05) is 13.3 Å². The van der Waals surface area contributed by atoms with Crippen LogP contribution in [0, 0.1) is 11.8 Å². The minimum atomic E-state index is -0.854. The molecule has 0 radical (unpaired) electrons. The third-order valence-electron chi connectivity index (χ3n) is 3.93. The van der Waals surface area contributed by atoms with Gasteiger partial charge in [-0.25, -0.2) is 0 Å². The zero-order valence-electron chi connectivity index (χ0n) is 11.2. The lowest BCUT2D eigenvalue weighted by Gasteiger charge is -2.27. The van der Waals surface area contributed by atoms with Gasteiger partial charge in [-0.2, -0.15) is 0 Å². The number of amides is 1. The van der Waals surface area contributed by atoms with E-state index in [9.17, 15) is 9.00 Å². The highest BCUT2D eigenvalue weighted by molar-refractivity contribution is 7.84. The SMILES string of the molecule is CCC1CCC(C(=O)NCC(C)S(C)=O)CC1. The average Bonchev–Trinajstić information content (AvgIpc) is 2.35. The summed E-state index contributed by atoms with van der Waals surface area (Å²) >= 11 is 0. The summed E-state index contributed by atoms with van der Waals surface area (Å²) in [6.45, 7) is 4.67. The summed E-state index contributed by atoms with van der Waals surface area (Å²) in [6, 6.07) is 0. The van der Waals surface area contributed by atoms with E-state index in [1.807, 2.05) is 6.92 Å². The highest BCUT2D eigenvalue weighted by Crippen LogP contribution is 2.30. The van der Waals surface area contributed by atoms with Gasteiger partial charge in [-0.3, -0.25) is 9.00 Å². The highest BCUT2D eigenvalue weighted by atomic mass is 32.2. The van der Waals surface area contributed by atoms with Crippen molar-refractivity contribution in [2.45, 2.75) is 51.2 Å². The van der Waals surface area contributed by atoms with Crippen LogP contribution in [0.2, 0.25) is 0 Å². The standard InChI is InChI=1S/C13H25NO2S/c1-4-11-5-7-12(8-6-11)13(15)14-9-10(2)17(3)16/h10-12H,4-9H2,1-3H3,(H,14,15). The Morgan fingerprint density at radius 2 is 1.94 bits per heavy atom. The number of hydrogen-bond donors (Lipinski definition) is 1. The van der Waals surface area contributed by atoms with E-state index in [1.165, 1.54) is 19.3 Å². The van der Waals surface area contributed by atoms with Crippen molar-refractivity contribution in [3.05, 3.63) is 0 Å². The van der Waals surface area contributed by atoms with Gasteiger partial charge in [0, 0.05) is 34.8 Å². The summed E-state index contributed by atoms with van der Waals surface area (Å²) in [5.41, 5.74) is 0. The van der Waals surface area contributed by atoms with Crippen LogP contribution in [0.3, 0.4) is 0 Å². The number of carbonyl (C=O) groups excluding carboxylic acids is 1. The van der Waals surface area contributed by atoms with Gasteiger partial charge in [0.2, 0.25) is 5.91 Å². The maximum Gasteiger partial charge on any atom is 0.223 e. The fraction of sp³-hybridized carbons (Fsp3) is 0.923. The second kappa shape index (κ2) is 7.14. The number of hydrogen-bond acceptors (Lipinski definition) is 2. The summed E-state index contributed by atoms with van der Waals surface area (Å²) in [4.78, 5) is 11.9. The van der Waals surface area contributed by atoms with Crippen LogP contribution in [-0.2, 0) is 15.6 Å². The van der Waals surface area contributed by atoms with Crippen LogP contribution < -0.4 is 5.32 Å². The molecule has 1 aliphatic carbocycles. The van der Waals surface area contributed by atoms with Crippen molar-refractivity contribution >= 4 is 16.7 Å². The molecule has 0 aromatic carbocycles. The van der Waals surface area contributed by atoms with Gasteiger partial charge in [0.1, 0.15) is 0 Å². The lowest BCUT2D eigenvalue weighted by atomic mass is 9.80. The van der Waals surface area contributed by atoms with Crippen molar-refractivity contribution in [1.82, 2.24) is 5.32 Å². The van der Waals surface area contributed by atoms with Crippen LogP contribution in [0.15, 0.2) is 0 Å². The van der Waals surface area contributed by atoms with E-state index in [0.29, 0.717) is 6.54 Å². The minimum Gasteiger partial charge on any atom is -0.355 e. The zero-order valence-corrected chi connectivity index (χ0v) is 12.0. The lowest BCUT2D eigenvalue weighted by Crippen LogP contribution is -2.38. The summed E-state index contributed by atoms with van der Waals surface area (Å²) in [6.07, 6.45) is 7.33. The third kappa shape index (κ3) is 4.78. The van der Waals surface area contributed by atoms with Crippen molar-refractivity contribution < 1.29 is 9.00 Å². The number of nitrogens with one attached hydrogen (secondary N) is 1. The first-order valence-corrected chi connectivity index (χ1v) is 8.26. The molecule has 0 aromatic rings. The van der Waals surface area contributed by atoms with E-state index in [-0.39, 0.29) is 17.1 Å². The second-order valence-electron chi connectivity index (χ2n) is 5.18. The summed E-state index contributed by atoms with van der Waals surface area (Å²) < 4.78 is 11.2. The zero-order chi connectivity index (χ0) is 12.8.